The highest BCUT2D eigenvalue weighted by atomic mass is 32.2. The molecular formula is C14H22N2O4S. The zero-order valence-corrected chi connectivity index (χ0v) is 13.3. The summed E-state index contributed by atoms with van der Waals surface area (Å²) in [5.74, 6) is -1.09. The highest BCUT2D eigenvalue weighted by molar-refractivity contribution is 7.89. The van der Waals surface area contributed by atoms with Crippen molar-refractivity contribution in [3.8, 4) is 0 Å². The molecule has 0 aliphatic carbocycles. The second-order valence-electron chi connectivity index (χ2n) is 5.00. The Morgan fingerprint density at radius 2 is 1.90 bits per heavy atom. The molecule has 1 aromatic carbocycles. The SMILES string of the molecule is CCC(CC)NC(C)c1cc(S(N)(=O)=O)ccc1C(=O)O. The number of hydrogen-bond donors (Lipinski definition) is 3. The van der Waals surface area contributed by atoms with Crippen molar-refractivity contribution in [1.29, 1.82) is 0 Å². The Kier molecular flexibility index (Phi) is 5.88. The minimum Gasteiger partial charge on any atom is -0.478 e. The molecule has 4 N–H and O–H groups in total. The summed E-state index contributed by atoms with van der Waals surface area (Å²) in [4.78, 5) is 11.2. The lowest BCUT2D eigenvalue weighted by molar-refractivity contribution is 0.0694. The predicted molar refractivity (Wildman–Crippen MR) is 80.7 cm³/mol. The summed E-state index contributed by atoms with van der Waals surface area (Å²) >= 11 is 0. The molecule has 0 saturated carbocycles. The molecule has 21 heavy (non-hydrogen) atoms. The molecule has 118 valence electrons. The Labute approximate surface area is 125 Å². The zero-order chi connectivity index (χ0) is 16.2. The number of benzene rings is 1. The molecule has 0 amide bonds. The number of hydrogen-bond acceptors (Lipinski definition) is 4. The van der Waals surface area contributed by atoms with Crippen molar-refractivity contribution in [2.45, 2.75) is 50.6 Å². The van der Waals surface area contributed by atoms with Gasteiger partial charge >= 0.3 is 5.97 Å². The van der Waals surface area contributed by atoms with E-state index in [1.54, 1.807) is 0 Å². The monoisotopic (exact) mass is 314 g/mol. The Bertz CT molecular complexity index is 609. The lowest BCUT2D eigenvalue weighted by Gasteiger charge is -2.23. The second-order valence-corrected chi connectivity index (χ2v) is 6.56. The summed E-state index contributed by atoms with van der Waals surface area (Å²) in [5, 5.41) is 17.7. The van der Waals surface area contributed by atoms with E-state index in [0.717, 1.165) is 12.8 Å². The standard InChI is InChI=1S/C14H22N2O4S/c1-4-10(5-2)16-9(3)13-8-11(21(15,19)20)6-7-12(13)14(17)18/h6-10,16H,4-5H2,1-3H3,(H,17,18)(H2,15,19,20). The molecule has 7 heteroatoms. The van der Waals surface area contributed by atoms with Crippen LogP contribution in [0.25, 0.3) is 0 Å². The van der Waals surface area contributed by atoms with Gasteiger partial charge in [0.25, 0.3) is 0 Å². The smallest absolute Gasteiger partial charge is 0.336 e. The van der Waals surface area contributed by atoms with E-state index in [4.69, 9.17) is 5.14 Å². The first-order chi connectivity index (χ1) is 9.70. The van der Waals surface area contributed by atoms with Gasteiger partial charge in [-0.1, -0.05) is 13.8 Å². The first kappa shape index (κ1) is 17.6. The third kappa shape index (κ3) is 4.52. The van der Waals surface area contributed by atoms with E-state index in [9.17, 15) is 18.3 Å². The van der Waals surface area contributed by atoms with Gasteiger partial charge in [-0.25, -0.2) is 18.4 Å². The van der Waals surface area contributed by atoms with Gasteiger partial charge in [-0.05, 0) is 43.5 Å². The lowest BCUT2D eigenvalue weighted by atomic mass is 10.00. The maximum atomic E-state index is 11.4. The van der Waals surface area contributed by atoms with Crippen LogP contribution < -0.4 is 10.5 Å². The average Bonchev–Trinajstić information content (AvgIpc) is 2.42. The molecule has 0 spiro atoms. The van der Waals surface area contributed by atoms with Crippen molar-refractivity contribution in [3.05, 3.63) is 29.3 Å². The van der Waals surface area contributed by atoms with Crippen molar-refractivity contribution in [3.63, 3.8) is 0 Å². The van der Waals surface area contributed by atoms with Crippen LogP contribution in [0.3, 0.4) is 0 Å². The molecule has 0 bridgehead atoms. The van der Waals surface area contributed by atoms with Crippen LogP contribution in [-0.2, 0) is 10.0 Å². The molecule has 0 heterocycles. The van der Waals surface area contributed by atoms with E-state index >= 15 is 0 Å². The maximum absolute atomic E-state index is 11.4. The van der Waals surface area contributed by atoms with Crippen LogP contribution in [0.5, 0.6) is 0 Å². The van der Waals surface area contributed by atoms with Gasteiger partial charge in [0.05, 0.1) is 10.5 Å². The zero-order valence-electron chi connectivity index (χ0n) is 12.5. The van der Waals surface area contributed by atoms with Crippen LogP contribution in [0.15, 0.2) is 23.1 Å². The fourth-order valence-corrected chi connectivity index (χ4v) is 2.79. The number of sulfonamides is 1. The fourth-order valence-electron chi connectivity index (χ4n) is 2.24. The molecule has 1 unspecified atom stereocenters. The van der Waals surface area contributed by atoms with Crippen LogP contribution in [0.4, 0.5) is 0 Å². The van der Waals surface area contributed by atoms with Crippen molar-refractivity contribution >= 4 is 16.0 Å². The summed E-state index contributed by atoms with van der Waals surface area (Å²) in [6.07, 6.45) is 1.80. The number of carboxylic acid groups (broad SMARTS) is 1. The van der Waals surface area contributed by atoms with Crippen LogP contribution >= 0.6 is 0 Å². The summed E-state index contributed by atoms with van der Waals surface area (Å²) in [6, 6.07) is 3.77. The van der Waals surface area contributed by atoms with E-state index in [2.05, 4.69) is 5.32 Å². The summed E-state index contributed by atoms with van der Waals surface area (Å²) in [5.41, 5.74) is 0.495. The minimum absolute atomic E-state index is 0.0772. The van der Waals surface area contributed by atoms with E-state index in [-0.39, 0.29) is 22.5 Å². The van der Waals surface area contributed by atoms with Gasteiger partial charge in [-0.3, -0.25) is 0 Å². The van der Waals surface area contributed by atoms with Gasteiger partial charge in [0.2, 0.25) is 10.0 Å². The number of carbonyl (C=O) groups is 1. The topological polar surface area (TPSA) is 109 Å². The summed E-state index contributed by atoms with van der Waals surface area (Å²) < 4.78 is 22.9. The predicted octanol–water partition coefficient (Wildman–Crippen LogP) is 1.87. The van der Waals surface area contributed by atoms with Gasteiger partial charge < -0.3 is 10.4 Å². The van der Waals surface area contributed by atoms with Crippen LogP contribution in [0, 0.1) is 0 Å². The van der Waals surface area contributed by atoms with Crippen LogP contribution in [-0.4, -0.2) is 25.5 Å². The van der Waals surface area contributed by atoms with Gasteiger partial charge in [-0.2, -0.15) is 0 Å². The fraction of sp³-hybridized carbons (Fsp3) is 0.500. The van der Waals surface area contributed by atoms with Crippen LogP contribution in [0.1, 0.15) is 55.6 Å². The van der Waals surface area contributed by atoms with Crippen LogP contribution in [0.2, 0.25) is 0 Å². The van der Waals surface area contributed by atoms with E-state index in [1.807, 2.05) is 20.8 Å². The van der Waals surface area contributed by atoms with E-state index in [0.29, 0.717) is 5.56 Å². The number of rotatable bonds is 7. The molecule has 6 nitrogen and oxygen atoms in total. The number of primary sulfonamides is 1. The van der Waals surface area contributed by atoms with E-state index < -0.39 is 16.0 Å². The summed E-state index contributed by atoms with van der Waals surface area (Å²) in [6.45, 7) is 5.88. The number of nitrogens with two attached hydrogens (primary N) is 1. The first-order valence-electron chi connectivity index (χ1n) is 6.86. The van der Waals surface area contributed by atoms with Crippen molar-refractivity contribution in [1.82, 2.24) is 5.32 Å². The molecule has 0 radical (unpaired) electrons. The van der Waals surface area contributed by atoms with Crippen molar-refractivity contribution in [2.24, 2.45) is 5.14 Å². The maximum Gasteiger partial charge on any atom is 0.336 e. The van der Waals surface area contributed by atoms with Crippen molar-refractivity contribution in [2.75, 3.05) is 0 Å². The van der Waals surface area contributed by atoms with Gasteiger partial charge in [-0.15, -0.1) is 0 Å². The third-order valence-electron chi connectivity index (χ3n) is 3.52. The van der Waals surface area contributed by atoms with Gasteiger partial charge in [0.15, 0.2) is 0 Å². The molecule has 1 aromatic rings. The Hall–Kier alpha value is -1.44. The molecule has 0 fully saturated rings. The largest absolute Gasteiger partial charge is 0.478 e. The minimum atomic E-state index is -3.86. The molecule has 0 aliphatic rings. The van der Waals surface area contributed by atoms with E-state index in [1.165, 1.54) is 18.2 Å². The second kappa shape index (κ2) is 7.02. The molecule has 0 saturated heterocycles. The normalized spacial score (nSPS) is 13.4. The first-order valence-corrected chi connectivity index (χ1v) is 8.41. The highest BCUT2D eigenvalue weighted by Crippen LogP contribution is 2.23. The quantitative estimate of drug-likeness (QED) is 0.711. The summed E-state index contributed by atoms with van der Waals surface area (Å²) in [7, 11) is -3.86. The number of aromatic carboxylic acids is 1. The Morgan fingerprint density at radius 1 is 1.33 bits per heavy atom. The molecular weight excluding hydrogens is 292 g/mol. The third-order valence-corrected chi connectivity index (χ3v) is 4.43. The number of nitrogens with one attached hydrogen (secondary N) is 1. The molecule has 0 aliphatic heterocycles. The van der Waals surface area contributed by atoms with Crippen molar-refractivity contribution < 1.29 is 18.3 Å². The number of carboxylic acids is 1. The average molecular weight is 314 g/mol. The van der Waals surface area contributed by atoms with Gasteiger partial charge in [0, 0.05) is 12.1 Å². The highest BCUT2D eigenvalue weighted by Gasteiger charge is 2.20. The van der Waals surface area contributed by atoms with Gasteiger partial charge in [0.1, 0.15) is 0 Å². The molecule has 0 aromatic heterocycles. The molecule has 1 rings (SSSR count). The Balaban J connectivity index is 3.26. The molecule has 1 atom stereocenters. The lowest BCUT2D eigenvalue weighted by Crippen LogP contribution is -2.31. The Morgan fingerprint density at radius 3 is 2.33 bits per heavy atom.